The molecular weight excluding hydrogens is 312 g/mol. The highest BCUT2D eigenvalue weighted by atomic mass is 16.1. The number of aryl methyl sites for hydroxylation is 2. The fraction of sp³-hybridized carbons (Fsp3) is 0.300. The van der Waals surface area contributed by atoms with E-state index in [0.29, 0.717) is 11.9 Å². The van der Waals surface area contributed by atoms with E-state index in [1.54, 1.807) is 6.20 Å². The highest BCUT2D eigenvalue weighted by Gasteiger charge is 2.25. The molecule has 1 aliphatic rings. The summed E-state index contributed by atoms with van der Waals surface area (Å²) in [6, 6.07) is 9.37. The van der Waals surface area contributed by atoms with Crippen LogP contribution in [-0.2, 0) is 12.8 Å². The van der Waals surface area contributed by atoms with Gasteiger partial charge in [-0.05, 0) is 55.7 Å². The van der Waals surface area contributed by atoms with E-state index in [1.165, 1.54) is 33.8 Å². The normalized spacial score (nSPS) is 16.5. The molecule has 125 valence electrons. The topological polar surface area (TPSA) is 60.7 Å². The van der Waals surface area contributed by atoms with Gasteiger partial charge in [-0.1, -0.05) is 23.8 Å². The van der Waals surface area contributed by atoms with Gasteiger partial charge in [-0.25, -0.2) is 9.97 Å². The third kappa shape index (κ3) is 2.86. The van der Waals surface area contributed by atoms with Crippen molar-refractivity contribution in [2.75, 3.05) is 0 Å². The molecule has 5 heteroatoms. The zero-order chi connectivity index (χ0) is 17.4. The van der Waals surface area contributed by atoms with Crippen LogP contribution in [0.1, 0.15) is 40.2 Å². The molecule has 3 aromatic rings. The predicted octanol–water partition coefficient (Wildman–Crippen LogP) is 2.71. The Bertz CT molecular complexity index is 979. The van der Waals surface area contributed by atoms with Crippen LogP contribution >= 0.6 is 0 Å². The van der Waals surface area contributed by atoms with E-state index in [2.05, 4.69) is 53.2 Å². The number of hydrogen-bond acceptors (Lipinski definition) is 4. The number of fused-ring (bicyclic) bond motifs is 1. The largest absolute Gasteiger partial charge is 0.277 e. The second-order valence-corrected chi connectivity index (χ2v) is 6.65. The van der Waals surface area contributed by atoms with Crippen LogP contribution in [-0.4, -0.2) is 19.7 Å². The third-order valence-electron chi connectivity index (χ3n) is 4.94. The van der Waals surface area contributed by atoms with Crippen molar-refractivity contribution < 1.29 is 0 Å². The summed E-state index contributed by atoms with van der Waals surface area (Å²) >= 11 is 0. The Morgan fingerprint density at radius 1 is 1.20 bits per heavy atom. The molecule has 4 rings (SSSR count). The zero-order valence-corrected chi connectivity index (χ0v) is 14.4. The summed E-state index contributed by atoms with van der Waals surface area (Å²) in [6.45, 7) is 4.28. The molecule has 25 heavy (non-hydrogen) atoms. The van der Waals surface area contributed by atoms with Crippen molar-refractivity contribution in [1.82, 2.24) is 19.7 Å². The van der Waals surface area contributed by atoms with Crippen molar-refractivity contribution in [3.05, 3.63) is 81.0 Å². The lowest BCUT2D eigenvalue weighted by atomic mass is 9.79. The molecule has 0 saturated carbocycles. The summed E-state index contributed by atoms with van der Waals surface area (Å²) in [6.07, 6.45) is 7.36. The molecule has 0 bridgehead atoms. The average Bonchev–Trinajstić information content (AvgIpc) is 2.62. The first-order chi connectivity index (χ1) is 12.1. The van der Waals surface area contributed by atoms with Crippen LogP contribution in [0.15, 0.2) is 41.6 Å². The van der Waals surface area contributed by atoms with Crippen LogP contribution in [0.2, 0.25) is 0 Å². The fourth-order valence-electron chi connectivity index (χ4n) is 3.71. The van der Waals surface area contributed by atoms with Gasteiger partial charge in [-0.15, -0.1) is 0 Å². The lowest BCUT2D eigenvalue weighted by Gasteiger charge is -2.26. The Morgan fingerprint density at radius 3 is 2.76 bits per heavy atom. The van der Waals surface area contributed by atoms with Crippen LogP contribution in [0.4, 0.5) is 0 Å². The lowest BCUT2D eigenvalue weighted by Crippen LogP contribution is -2.30. The minimum absolute atomic E-state index is 0.109. The number of nitrogens with zero attached hydrogens (tertiary/aromatic N) is 4. The first kappa shape index (κ1) is 15.7. The maximum atomic E-state index is 12.8. The van der Waals surface area contributed by atoms with Crippen molar-refractivity contribution in [3.63, 3.8) is 0 Å². The minimum atomic E-state index is -0.109. The van der Waals surface area contributed by atoms with Crippen molar-refractivity contribution >= 4 is 0 Å². The van der Waals surface area contributed by atoms with Crippen LogP contribution in [0.25, 0.3) is 5.95 Å². The highest BCUT2D eigenvalue weighted by Crippen LogP contribution is 2.33. The van der Waals surface area contributed by atoms with Gasteiger partial charge in [0.15, 0.2) is 0 Å². The molecule has 0 saturated heterocycles. The standard InChI is InChI=1S/C20H19N4O/c1-13-4-6-17(14(2)10-13)15-5-7-18-16(11-15)12-23-24(19(18)25)20-21-8-3-9-22-20/h4,6,8-10,12,15H,5,7,11H2,1-2H3. The van der Waals surface area contributed by atoms with Gasteiger partial charge in [0.2, 0.25) is 0 Å². The third-order valence-corrected chi connectivity index (χ3v) is 4.94. The van der Waals surface area contributed by atoms with Gasteiger partial charge in [0.1, 0.15) is 0 Å². The molecule has 5 nitrogen and oxygen atoms in total. The summed E-state index contributed by atoms with van der Waals surface area (Å²) < 4.78 is 1.28. The SMILES string of the molecule is Cc1ccc(C2CCc3c(cnn(-c4nc[c]cn4)c3=O)C2)c(C)c1. The van der Waals surface area contributed by atoms with E-state index < -0.39 is 0 Å². The summed E-state index contributed by atoms with van der Waals surface area (Å²) in [5.41, 5.74) is 5.75. The molecule has 0 N–H and O–H groups in total. The second kappa shape index (κ2) is 6.24. The highest BCUT2D eigenvalue weighted by molar-refractivity contribution is 5.37. The van der Waals surface area contributed by atoms with Gasteiger partial charge in [0, 0.05) is 24.0 Å². The van der Waals surface area contributed by atoms with Crippen molar-refractivity contribution in [2.24, 2.45) is 0 Å². The molecule has 1 unspecified atom stereocenters. The molecule has 1 radical (unpaired) electrons. The summed E-state index contributed by atoms with van der Waals surface area (Å²) in [7, 11) is 0. The molecule has 2 heterocycles. The van der Waals surface area contributed by atoms with Gasteiger partial charge < -0.3 is 0 Å². The fourth-order valence-corrected chi connectivity index (χ4v) is 3.71. The maximum absolute atomic E-state index is 12.8. The minimum Gasteiger partial charge on any atom is -0.267 e. The predicted molar refractivity (Wildman–Crippen MR) is 94.9 cm³/mol. The van der Waals surface area contributed by atoms with Gasteiger partial charge in [-0.2, -0.15) is 9.78 Å². The molecule has 1 aliphatic carbocycles. The molecule has 1 aromatic carbocycles. The molecule has 1 atom stereocenters. The molecule has 0 amide bonds. The Balaban J connectivity index is 1.69. The van der Waals surface area contributed by atoms with Crippen molar-refractivity contribution in [3.8, 4) is 5.95 Å². The Morgan fingerprint density at radius 2 is 2.00 bits per heavy atom. The second-order valence-electron chi connectivity index (χ2n) is 6.65. The van der Waals surface area contributed by atoms with Gasteiger partial charge in [0.25, 0.3) is 11.5 Å². The number of aromatic nitrogens is 4. The summed E-state index contributed by atoms with van der Waals surface area (Å²) in [5.74, 6) is 0.732. The first-order valence-electron chi connectivity index (χ1n) is 8.49. The van der Waals surface area contributed by atoms with Gasteiger partial charge in [0.05, 0.1) is 6.20 Å². The molecule has 0 aliphatic heterocycles. The average molecular weight is 331 g/mol. The Labute approximate surface area is 146 Å². The van der Waals surface area contributed by atoms with E-state index in [0.717, 1.165) is 30.4 Å². The monoisotopic (exact) mass is 331 g/mol. The molecule has 0 fully saturated rings. The quantitative estimate of drug-likeness (QED) is 0.724. The van der Waals surface area contributed by atoms with Crippen molar-refractivity contribution in [1.29, 1.82) is 0 Å². The molecule has 2 aromatic heterocycles. The Kier molecular flexibility index (Phi) is 3.92. The zero-order valence-electron chi connectivity index (χ0n) is 14.4. The smallest absolute Gasteiger partial charge is 0.267 e. The molecule has 0 spiro atoms. The summed E-state index contributed by atoms with van der Waals surface area (Å²) in [5, 5.41) is 4.29. The van der Waals surface area contributed by atoms with Crippen LogP contribution in [0, 0.1) is 19.9 Å². The Hall–Kier alpha value is -2.82. The van der Waals surface area contributed by atoms with Crippen LogP contribution in [0.3, 0.4) is 0 Å². The lowest BCUT2D eigenvalue weighted by molar-refractivity contribution is 0.563. The van der Waals surface area contributed by atoms with E-state index >= 15 is 0 Å². The van der Waals surface area contributed by atoms with Gasteiger partial charge >= 0.3 is 0 Å². The first-order valence-corrected chi connectivity index (χ1v) is 8.49. The number of rotatable bonds is 2. The summed E-state index contributed by atoms with van der Waals surface area (Å²) in [4.78, 5) is 20.9. The number of benzene rings is 1. The van der Waals surface area contributed by atoms with Crippen LogP contribution < -0.4 is 5.56 Å². The van der Waals surface area contributed by atoms with Gasteiger partial charge in [-0.3, -0.25) is 4.79 Å². The number of hydrogen-bond donors (Lipinski definition) is 0. The maximum Gasteiger partial charge on any atom is 0.277 e. The van der Waals surface area contributed by atoms with E-state index in [-0.39, 0.29) is 5.56 Å². The van der Waals surface area contributed by atoms with E-state index in [1.807, 2.05) is 0 Å². The van der Waals surface area contributed by atoms with Crippen molar-refractivity contribution in [2.45, 2.75) is 39.0 Å². The molecular formula is C20H19N4O. The van der Waals surface area contributed by atoms with E-state index in [9.17, 15) is 4.79 Å². The van der Waals surface area contributed by atoms with E-state index in [4.69, 9.17) is 0 Å². The van der Waals surface area contributed by atoms with Crippen LogP contribution in [0.5, 0.6) is 0 Å².